The number of hydrogen-bond acceptors (Lipinski definition) is 6. The standard InChI is InChI=1S/C22H18FN3O3S/c1-3-10-26-21(16-6-4-5-7-17(16)23)24-25-22(26)30-12-14-11-19(28)29-20-13(2)18(27)9-8-15(14)20/h3-9,11,27H,1,10,12H2,2H3. The molecule has 30 heavy (non-hydrogen) atoms. The van der Waals surface area contributed by atoms with E-state index < -0.39 is 5.63 Å². The molecule has 152 valence electrons. The van der Waals surface area contributed by atoms with Crippen LogP contribution in [0, 0.1) is 12.7 Å². The van der Waals surface area contributed by atoms with E-state index in [1.807, 2.05) is 0 Å². The number of aryl methyl sites for hydroxylation is 1. The van der Waals surface area contributed by atoms with E-state index in [4.69, 9.17) is 4.42 Å². The quantitative estimate of drug-likeness (QED) is 0.275. The van der Waals surface area contributed by atoms with Gasteiger partial charge >= 0.3 is 5.63 Å². The summed E-state index contributed by atoms with van der Waals surface area (Å²) in [5.41, 5.74) is 1.47. The van der Waals surface area contributed by atoms with Gasteiger partial charge in [-0.25, -0.2) is 9.18 Å². The number of phenolic OH excluding ortho intramolecular Hbond substituents is 1. The van der Waals surface area contributed by atoms with Crippen molar-refractivity contribution in [1.29, 1.82) is 0 Å². The lowest BCUT2D eigenvalue weighted by molar-refractivity contribution is 0.468. The van der Waals surface area contributed by atoms with E-state index in [2.05, 4.69) is 16.8 Å². The molecule has 4 aromatic rings. The van der Waals surface area contributed by atoms with Gasteiger partial charge in [0.15, 0.2) is 11.0 Å². The van der Waals surface area contributed by atoms with Crippen LogP contribution in [-0.2, 0) is 12.3 Å². The molecule has 6 nitrogen and oxygen atoms in total. The van der Waals surface area contributed by atoms with Crippen molar-refractivity contribution in [1.82, 2.24) is 14.8 Å². The minimum Gasteiger partial charge on any atom is -0.508 e. The third-order valence-corrected chi connectivity index (χ3v) is 5.73. The molecule has 0 bridgehead atoms. The monoisotopic (exact) mass is 423 g/mol. The lowest BCUT2D eigenvalue weighted by Gasteiger charge is -2.10. The normalized spacial score (nSPS) is 11.1. The Morgan fingerprint density at radius 2 is 2.07 bits per heavy atom. The number of thioether (sulfide) groups is 1. The van der Waals surface area contributed by atoms with Crippen LogP contribution in [-0.4, -0.2) is 19.9 Å². The summed E-state index contributed by atoms with van der Waals surface area (Å²) in [6, 6.07) is 11.1. The Morgan fingerprint density at radius 3 is 2.83 bits per heavy atom. The highest BCUT2D eigenvalue weighted by atomic mass is 32.2. The highest BCUT2D eigenvalue weighted by Crippen LogP contribution is 2.32. The summed E-state index contributed by atoms with van der Waals surface area (Å²) < 4.78 is 21.3. The second kappa shape index (κ2) is 8.16. The molecule has 0 aliphatic heterocycles. The summed E-state index contributed by atoms with van der Waals surface area (Å²) in [6.07, 6.45) is 1.69. The van der Waals surface area contributed by atoms with Crippen molar-refractivity contribution in [3.63, 3.8) is 0 Å². The Hall–Kier alpha value is -3.39. The van der Waals surface area contributed by atoms with E-state index in [0.717, 1.165) is 10.9 Å². The van der Waals surface area contributed by atoms with E-state index in [0.29, 0.717) is 40.0 Å². The lowest BCUT2D eigenvalue weighted by Crippen LogP contribution is -2.03. The van der Waals surface area contributed by atoms with E-state index in [9.17, 15) is 14.3 Å². The average Bonchev–Trinajstić information content (AvgIpc) is 3.12. The van der Waals surface area contributed by atoms with E-state index in [1.165, 1.54) is 23.9 Å². The van der Waals surface area contributed by atoms with Crippen LogP contribution in [0.4, 0.5) is 4.39 Å². The minimum absolute atomic E-state index is 0.0655. The number of nitrogens with zero attached hydrogens (tertiary/aromatic N) is 3. The minimum atomic E-state index is -0.494. The van der Waals surface area contributed by atoms with Crippen LogP contribution in [0.2, 0.25) is 0 Å². The number of rotatable bonds is 6. The highest BCUT2D eigenvalue weighted by molar-refractivity contribution is 7.98. The molecule has 0 saturated carbocycles. The van der Waals surface area contributed by atoms with Crippen LogP contribution in [0.3, 0.4) is 0 Å². The summed E-state index contributed by atoms with van der Waals surface area (Å²) in [4.78, 5) is 12.0. The summed E-state index contributed by atoms with van der Waals surface area (Å²) in [5, 5.41) is 19.6. The summed E-state index contributed by atoms with van der Waals surface area (Å²) >= 11 is 1.37. The van der Waals surface area contributed by atoms with E-state index >= 15 is 0 Å². The number of aromatic hydroxyl groups is 1. The molecule has 1 N–H and O–H groups in total. The molecule has 4 rings (SSSR count). The van der Waals surface area contributed by atoms with Gasteiger partial charge in [-0.1, -0.05) is 30.0 Å². The number of halogens is 1. The summed E-state index contributed by atoms with van der Waals surface area (Å²) in [7, 11) is 0. The van der Waals surface area contributed by atoms with Crippen LogP contribution in [0.25, 0.3) is 22.4 Å². The zero-order valence-electron chi connectivity index (χ0n) is 16.1. The first kappa shape index (κ1) is 19.9. The lowest BCUT2D eigenvalue weighted by atomic mass is 10.1. The molecule has 0 fully saturated rings. The van der Waals surface area contributed by atoms with Gasteiger partial charge in [0.25, 0.3) is 0 Å². The number of benzene rings is 2. The molecule has 2 aromatic heterocycles. The second-order valence-corrected chi connectivity index (χ2v) is 7.59. The number of phenols is 1. The first-order valence-corrected chi connectivity index (χ1v) is 10.1. The van der Waals surface area contributed by atoms with Gasteiger partial charge in [-0.15, -0.1) is 16.8 Å². The average molecular weight is 423 g/mol. The molecule has 2 aromatic carbocycles. The smallest absolute Gasteiger partial charge is 0.336 e. The van der Waals surface area contributed by atoms with Gasteiger partial charge in [0.05, 0.1) is 5.56 Å². The van der Waals surface area contributed by atoms with Crippen LogP contribution in [0.1, 0.15) is 11.1 Å². The first-order valence-electron chi connectivity index (χ1n) is 9.16. The Bertz CT molecular complexity index is 1310. The molecule has 8 heteroatoms. The van der Waals surface area contributed by atoms with Crippen LogP contribution in [0.5, 0.6) is 5.75 Å². The maximum Gasteiger partial charge on any atom is 0.336 e. The van der Waals surface area contributed by atoms with Gasteiger partial charge < -0.3 is 9.52 Å². The van der Waals surface area contributed by atoms with Gasteiger partial charge in [-0.3, -0.25) is 4.57 Å². The molecule has 0 unspecified atom stereocenters. The molecule has 0 radical (unpaired) electrons. The van der Waals surface area contributed by atoms with Crippen molar-refractivity contribution >= 4 is 22.7 Å². The van der Waals surface area contributed by atoms with Crippen molar-refractivity contribution in [2.75, 3.05) is 0 Å². The first-order chi connectivity index (χ1) is 14.5. The maximum atomic E-state index is 14.3. The topological polar surface area (TPSA) is 81.2 Å². The Kier molecular flexibility index (Phi) is 5.41. The fourth-order valence-corrected chi connectivity index (χ4v) is 4.15. The summed E-state index contributed by atoms with van der Waals surface area (Å²) in [6.45, 7) is 5.87. The van der Waals surface area contributed by atoms with Gasteiger partial charge in [0.2, 0.25) is 0 Å². The van der Waals surface area contributed by atoms with E-state index in [1.54, 1.807) is 47.9 Å². The molecule has 0 aliphatic rings. The fourth-order valence-electron chi connectivity index (χ4n) is 3.21. The van der Waals surface area contributed by atoms with Gasteiger partial charge in [-0.05, 0) is 36.8 Å². The third-order valence-electron chi connectivity index (χ3n) is 4.72. The number of allylic oxidation sites excluding steroid dienone is 1. The van der Waals surface area contributed by atoms with Gasteiger partial charge in [0.1, 0.15) is 17.1 Å². The molecular formula is C22H18FN3O3S. The van der Waals surface area contributed by atoms with Gasteiger partial charge in [-0.2, -0.15) is 0 Å². The second-order valence-electron chi connectivity index (χ2n) is 6.65. The largest absolute Gasteiger partial charge is 0.508 e. The summed E-state index contributed by atoms with van der Waals surface area (Å²) in [5.74, 6) is 0.511. The van der Waals surface area contributed by atoms with Crippen LogP contribution >= 0.6 is 11.8 Å². The van der Waals surface area contributed by atoms with Gasteiger partial charge in [0, 0.05) is 29.3 Å². The van der Waals surface area contributed by atoms with Crippen molar-refractivity contribution in [2.45, 2.75) is 24.4 Å². The molecule has 0 aliphatic carbocycles. The molecule has 0 spiro atoms. The third kappa shape index (κ3) is 3.61. The SMILES string of the molecule is C=CCn1c(SCc2cc(=O)oc3c(C)c(O)ccc23)nnc1-c1ccccc1F. The fraction of sp³-hybridized carbons (Fsp3) is 0.136. The molecule has 0 saturated heterocycles. The Labute approximate surface area is 175 Å². The molecule has 0 atom stereocenters. The Morgan fingerprint density at radius 1 is 1.27 bits per heavy atom. The zero-order chi connectivity index (χ0) is 21.3. The Balaban J connectivity index is 1.71. The number of hydrogen-bond donors (Lipinski definition) is 1. The van der Waals surface area contributed by atoms with Crippen molar-refractivity contribution in [3.05, 3.63) is 82.5 Å². The van der Waals surface area contributed by atoms with Crippen LogP contribution in [0.15, 0.2) is 69.5 Å². The maximum absolute atomic E-state index is 14.3. The van der Waals surface area contributed by atoms with E-state index in [-0.39, 0.29) is 11.6 Å². The zero-order valence-corrected chi connectivity index (χ0v) is 16.9. The van der Waals surface area contributed by atoms with Crippen molar-refractivity contribution in [2.24, 2.45) is 0 Å². The molecule has 2 heterocycles. The van der Waals surface area contributed by atoms with Crippen molar-refractivity contribution < 1.29 is 13.9 Å². The predicted molar refractivity (Wildman–Crippen MR) is 114 cm³/mol. The number of fused-ring (bicyclic) bond motifs is 1. The van der Waals surface area contributed by atoms with Crippen LogP contribution < -0.4 is 5.63 Å². The molecule has 0 amide bonds. The number of aromatic nitrogens is 3. The van der Waals surface area contributed by atoms with Crippen molar-refractivity contribution in [3.8, 4) is 17.1 Å². The molecular weight excluding hydrogens is 405 g/mol. The highest BCUT2D eigenvalue weighted by Gasteiger charge is 2.17. The predicted octanol–water partition coefficient (Wildman–Crippen LogP) is 4.68.